The van der Waals surface area contributed by atoms with Crippen LogP contribution in [0.3, 0.4) is 0 Å². The summed E-state index contributed by atoms with van der Waals surface area (Å²) in [4.78, 5) is 14.2. The number of thiol groups is 1. The largest absolute Gasteiger partial charge is 0.356 e. The molecule has 4 heteroatoms. The van der Waals surface area contributed by atoms with Gasteiger partial charge < -0.3 is 5.32 Å². The van der Waals surface area contributed by atoms with Gasteiger partial charge in [0.15, 0.2) is 0 Å². The molecular formula is C11H20N2OS. The molecule has 1 amide bonds. The molecule has 0 radical (unpaired) electrons. The van der Waals surface area contributed by atoms with E-state index in [4.69, 9.17) is 0 Å². The molecule has 0 saturated carbocycles. The number of carbonyl (C=O) groups is 1. The zero-order valence-electron chi connectivity index (χ0n) is 9.33. The van der Waals surface area contributed by atoms with Crippen LogP contribution in [-0.2, 0) is 4.79 Å². The summed E-state index contributed by atoms with van der Waals surface area (Å²) in [5, 5.41) is 3.32. The van der Waals surface area contributed by atoms with Crippen molar-refractivity contribution in [2.75, 3.05) is 19.6 Å². The number of amides is 1. The average molecular weight is 228 g/mol. The second-order valence-corrected chi connectivity index (χ2v) is 5.55. The van der Waals surface area contributed by atoms with Crippen molar-refractivity contribution in [2.24, 2.45) is 5.41 Å². The van der Waals surface area contributed by atoms with Crippen LogP contribution >= 0.6 is 12.6 Å². The SMILES string of the molecule is CC(S)N1CCC2(CCCNC2=O)CC1. The lowest BCUT2D eigenvalue weighted by Gasteiger charge is -2.43. The fourth-order valence-corrected chi connectivity index (χ4v) is 2.96. The first-order chi connectivity index (χ1) is 7.14. The predicted octanol–water partition coefficient (Wildman–Crippen LogP) is 1.25. The number of likely N-dealkylation sites (tertiary alicyclic amines) is 1. The molecule has 1 N–H and O–H groups in total. The van der Waals surface area contributed by atoms with Crippen molar-refractivity contribution in [2.45, 2.75) is 38.0 Å². The molecule has 15 heavy (non-hydrogen) atoms. The number of piperidine rings is 2. The van der Waals surface area contributed by atoms with E-state index in [9.17, 15) is 4.79 Å². The summed E-state index contributed by atoms with van der Waals surface area (Å²) in [6, 6.07) is 0. The Morgan fingerprint density at radius 1 is 1.40 bits per heavy atom. The monoisotopic (exact) mass is 228 g/mol. The topological polar surface area (TPSA) is 32.3 Å². The number of nitrogens with one attached hydrogen (secondary N) is 1. The van der Waals surface area contributed by atoms with Gasteiger partial charge >= 0.3 is 0 Å². The van der Waals surface area contributed by atoms with Gasteiger partial charge in [-0.25, -0.2) is 0 Å². The summed E-state index contributed by atoms with van der Waals surface area (Å²) >= 11 is 4.44. The van der Waals surface area contributed by atoms with Crippen LogP contribution in [0.5, 0.6) is 0 Å². The fraction of sp³-hybridized carbons (Fsp3) is 0.909. The first kappa shape index (κ1) is 11.3. The van der Waals surface area contributed by atoms with Crippen LogP contribution in [0.15, 0.2) is 0 Å². The molecule has 0 bridgehead atoms. The standard InChI is InChI=1S/C11H20N2OS/c1-9(15)13-7-4-11(5-8-13)3-2-6-12-10(11)14/h9,15H,2-8H2,1H3,(H,12,14). The van der Waals surface area contributed by atoms with Gasteiger partial charge in [0.25, 0.3) is 0 Å². The summed E-state index contributed by atoms with van der Waals surface area (Å²) < 4.78 is 0. The first-order valence-electron chi connectivity index (χ1n) is 5.84. The molecule has 1 spiro atoms. The van der Waals surface area contributed by atoms with Crippen molar-refractivity contribution in [3.8, 4) is 0 Å². The van der Waals surface area contributed by atoms with Crippen LogP contribution in [-0.4, -0.2) is 35.8 Å². The number of rotatable bonds is 1. The van der Waals surface area contributed by atoms with Gasteiger partial charge in [-0.1, -0.05) is 0 Å². The van der Waals surface area contributed by atoms with E-state index in [0.717, 1.165) is 45.3 Å². The van der Waals surface area contributed by atoms with Gasteiger partial charge in [0, 0.05) is 25.0 Å². The Hall–Kier alpha value is -0.220. The minimum atomic E-state index is -0.0442. The predicted molar refractivity (Wildman–Crippen MR) is 63.9 cm³/mol. The lowest BCUT2D eigenvalue weighted by Crippen LogP contribution is -2.52. The smallest absolute Gasteiger partial charge is 0.226 e. The van der Waals surface area contributed by atoms with E-state index in [1.165, 1.54) is 0 Å². The summed E-state index contributed by atoms with van der Waals surface area (Å²) in [7, 11) is 0. The highest BCUT2D eigenvalue weighted by Gasteiger charge is 2.42. The third-order valence-electron chi connectivity index (χ3n) is 3.88. The highest BCUT2D eigenvalue weighted by molar-refractivity contribution is 7.80. The molecule has 86 valence electrons. The summed E-state index contributed by atoms with van der Waals surface area (Å²) in [6.45, 7) is 4.99. The molecule has 0 aromatic carbocycles. The highest BCUT2D eigenvalue weighted by Crippen LogP contribution is 2.38. The Morgan fingerprint density at radius 3 is 2.60 bits per heavy atom. The van der Waals surface area contributed by atoms with Gasteiger partial charge in [0.1, 0.15) is 0 Å². The molecule has 2 aliphatic heterocycles. The molecule has 3 nitrogen and oxygen atoms in total. The quantitative estimate of drug-likeness (QED) is 0.662. The van der Waals surface area contributed by atoms with E-state index in [2.05, 4.69) is 29.8 Å². The lowest BCUT2D eigenvalue weighted by molar-refractivity contribution is -0.136. The third kappa shape index (κ3) is 2.16. The zero-order valence-corrected chi connectivity index (χ0v) is 10.2. The molecule has 0 aromatic rings. The van der Waals surface area contributed by atoms with Crippen LogP contribution in [0.4, 0.5) is 0 Å². The maximum Gasteiger partial charge on any atom is 0.226 e. The second-order valence-electron chi connectivity index (χ2n) is 4.81. The molecule has 0 aliphatic carbocycles. The normalized spacial score (nSPS) is 28.8. The van der Waals surface area contributed by atoms with Gasteiger partial charge in [0.05, 0.1) is 5.41 Å². The number of hydrogen-bond donors (Lipinski definition) is 2. The number of nitrogens with zero attached hydrogens (tertiary/aromatic N) is 1. The molecule has 2 fully saturated rings. The van der Waals surface area contributed by atoms with E-state index >= 15 is 0 Å². The van der Waals surface area contributed by atoms with E-state index in [1.807, 2.05) is 0 Å². The Bertz CT molecular complexity index is 247. The van der Waals surface area contributed by atoms with E-state index in [-0.39, 0.29) is 5.41 Å². The Balaban J connectivity index is 1.98. The lowest BCUT2D eigenvalue weighted by atomic mass is 9.72. The van der Waals surface area contributed by atoms with Crippen LogP contribution in [0, 0.1) is 5.41 Å². The maximum absolute atomic E-state index is 11.9. The second kappa shape index (κ2) is 4.34. The minimum Gasteiger partial charge on any atom is -0.356 e. The van der Waals surface area contributed by atoms with Crippen molar-refractivity contribution in [3.63, 3.8) is 0 Å². The summed E-state index contributed by atoms with van der Waals surface area (Å²) in [5.41, 5.74) is -0.0442. The van der Waals surface area contributed by atoms with Crippen LogP contribution < -0.4 is 5.32 Å². The first-order valence-corrected chi connectivity index (χ1v) is 6.36. The molecule has 2 saturated heterocycles. The van der Waals surface area contributed by atoms with Crippen molar-refractivity contribution >= 4 is 18.5 Å². The van der Waals surface area contributed by atoms with Crippen LogP contribution in [0.2, 0.25) is 0 Å². The van der Waals surface area contributed by atoms with Gasteiger partial charge in [-0.15, -0.1) is 0 Å². The van der Waals surface area contributed by atoms with Crippen molar-refractivity contribution < 1.29 is 4.79 Å². The highest BCUT2D eigenvalue weighted by atomic mass is 32.1. The minimum absolute atomic E-state index is 0.0442. The number of carbonyl (C=O) groups excluding carboxylic acids is 1. The summed E-state index contributed by atoms with van der Waals surface area (Å²) in [6.07, 6.45) is 4.23. The van der Waals surface area contributed by atoms with Gasteiger partial charge in [-0.3, -0.25) is 9.69 Å². The molecule has 1 unspecified atom stereocenters. The third-order valence-corrected chi connectivity index (χ3v) is 4.21. The molecule has 2 rings (SSSR count). The van der Waals surface area contributed by atoms with E-state index < -0.39 is 0 Å². The van der Waals surface area contributed by atoms with Crippen molar-refractivity contribution in [3.05, 3.63) is 0 Å². The van der Waals surface area contributed by atoms with Crippen LogP contribution in [0.25, 0.3) is 0 Å². The zero-order chi connectivity index (χ0) is 10.9. The Labute approximate surface area is 97.0 Å². The van der Waals surface area contributed by atoms with Crippen molar-refractivity contribution in [1.82, 2.24) is 10.2 Å². The number of hydrogen-bond acceptors (Lipinski definition) is 3. The van der Waals surface area contributed by atoms with Crippen molar-refractivity contribution in [1.29, 1.82) is 0 Å². The molecule has 0 aromatic heterocycles. The average Bonchev–Trinajstić information content (AvgIpc) is 2.23. The van der Waals surface area contributed by atoms with E-state index in [1.54, 1.807) is 0 Å². The Kier molecular flexibility index (Phi) is 3.26. The molecule has 1 atom stereocenters. The molecule has 2 heterocycles. The van der Waals surface area contributed by atoms with Crippen LogP contribution in [0.1, 0.15) is 32.6 Å². The Morgan fingerprint density at radius 2 is 2.07 bits per heavy atom. The molecule has 2 aliphatic rings. The van der Waals surface area contributed by atoms with Gasteiger partial charge in [0.2, 0.25) is 5.91 Å². The molecular weight excluding hydrogens is 208 g/mol. The van der Waals surface area contributed by atoms with Gasteiger partial charge in [-0.05, 0) is 32.6 Å². The maximum atomic E-state index is 11.9. The fourth-order valence-electron chi connectivity index (χ4n) is 2.73. The van der Waals surface area contributed by atoms with Gasteiger partial charge in [-0.2, -0.15) is 12.6 Å². The van der Waals surface area contributed by atoms with E-state index in [0.29, 0.717) is 11.3 Å². The summed E-state index contributed by atoms with van der Waals surface area (Å²) in [5.74, 6) is 0.292.